The smallest absolute Gasteiger partial charge is 0.267 e. The number of carbonyl (C=O) groups excluding carboxylic acids is 1. The zero-order valence-corrected chi connectivity index (χ0v) is 18.7. The van der Waals surface area contributed by atoms with Crippen LogP contribution in [0.3, 0.4) is 0 Å². The summed E-state index contributed by atoms with van der Waals surface area (Å²) >= 11 is 5.92. The molecule has 0 aliphatic carbocycles. The van der Waals surface area contributed by atoms with Gasteiger partial charge >= 0.3 is 0 Å². The third-order valence-electron chi connectivity index (χ3n) is 4.62. The second kappa shape index (κ2) is 9.76. The SMILES string of the molecule is Cc1ccccc1CN(c1ccc(C(=O)N/N=C\c2cccc(Cl)c2)cc1)S(C)(=O)=O. The maximum atomic E-state index is 12.4. The van der Waals surface area contributed by atoms with Crippen molar-refractivity contribution in [1.82, 2.24) is 5.43 Å². The summed E-state index contributed by atoms with van der Waals surface area (Å²) in [6, 6.07) is 21.0. The standard InChI is InChI=1S/C23H22ClN3O3S/c1-17-6-3-4-8-20(17)16-27(31(2,29)30)22-12-10-19(11-13-22)23(28)26-25-15-18-7-5-9-21(24)14-18/h3-15H,16H2,1-2H3,(H,26,28)/b25-15-. The molecule has 0 atom stereocenters. The fourth-order valence-corrected chi connectivity index (χ4v) is 4.02. The number of aryl methyl sites for hydroxylation is 1. The quantitative estimate of drug-likeness (QED) is 0.424. The average molecular weight is 456 g/mol. The fraction of sp³-hybridized carbons (Fsp3) is 0.130. The van der Waals surface area contributed by atoms with Crippen molar-refractivity contribution in [2.75, 3.05) is 10.6 Å². The topological polar surface area (TPSA) is 78.8 Å². The van der Waals surface area contributed by atoms with E-state index in [1.54, 1.807) is 42.5 Å². The van der Waals surface area contributed by atoms with E-state index in [4.69, 9.17) is 11.6 Å². The number of hydrazone groups is 1. The van der Waals surface area contributed by atoms with Crippen LogP contribution in [0.2, 0.25) is 5.02 Å². The number of rotatable bonds is 7. The van der Waals surface area contributed by atoms with Crippen molar-refractivity contribution in [3.63, 3.8) is 0 Å². The first-order valence-corrected chi connectivity index (χ1v) is 11.7. The van der Waals surface area contributed by atoms with Crippen LogP contribution in [0.25, 0.3) is 0 Å². The minimum atomic E-state index is -3.52. The highest BCUT2D eigenvalue weighted by molar-refractivity contribution is 7.92. The van der Waals surface area contributed by atoms with E-state index in [-0.39, 0.29) is 6.54 Å². The predicted molar refractivity (Wildman–Crippen MR) is 125 cm³/mol. The van der Waals surface area contributed by atoms with Gasteiger partial charge in [-0.15, -0.1) is 0 Å². The molecular formula is C23H22ClN3O3S. The largest absolute Gasteiger partial charge is 0.271 e. The van der Waals surface area contributed by atoms with Crippen LogP contribution < -0.4 is 9.73 Å². The Hall–Kier alpha value is -3.16. The summed E-state index contributed by atoms with van der Waals surface area (Å²) in [7, 11) is -3.52. The molecule has 0 unspecified atom stereocenters. The lowest BCUT2D eigenvalue weighted by Crippen LogP contribution is -2.29. The Morgan fingerprint density at radius 1 is 1.06 bits per heavy atom. The van der Waals surface area contributed by atoms with Crippen molar-refractivity contribution in [2.45, 2.75) is 13.5 Å². The molecule has 0 aliphatic rings. The first kappa shape index (κ1) is 22.5. The summed E-state index contributed by atoms with van der Waals surface area (Å²) in [5.41, 5.74) is 5.95. The van der Waals surface area contributed by atoms with Crippen LogP contribution in [0, 0.1) is 6.92 Å². The van der Waals surface area contributed by atoms with Crippen LogP contribution in [-0.4, -0.2) is 26.8 Å². The van der Waals surface area contributed by atoms with Gasteiger partial charge in [-0.25, -0.2) is 13.8 Å². The molecule has 0 saturated heterocycles. The first-order valence-electron chi connectivity index (χ1n) is 9.45. The Bertz CT molecular complexity index is 1210. The molecule has 0 bridgehead atoms. The van der Waals surface area contributed by atoms with E-state index >= 15 is 0 Å². The van der Waals surface area contributed by atoms with Crippen LogP contribution >= 0.6 is 11.6 Å². The van der Waals surface area contributed by atoms with Gasteiger partial charge in [0.1, 0.15) is 0 Å². The lowest BCUT2D eigenvalue weighted by molar-refractivity contribution is 0.0955. The lowest BCUT2D eigenvalue weighted by atomic mass is 10.1. The van der Waals surface area contributed by atoms with Crippen molar-refractivity contribution < 1.29 is 13.2 Å². The van der Waals surface area contributed by atoms with Gasteiger partial charge in [-0.3, -0.25) is 9.10 Å². The van der Waals surface area contributed by atoms with E-state index in [0.29, 0.717) is 16.3 Å². The monoisotopic (exact) mass is 455 g/mol. The molecule has 0 heterocycles. The molecule has 8 heteroatoms. The van der Waals surface area contributed by atoms with Gasteiger partial charge in [-0.2, -0.15) is 5.10 Å². The minimum Gasteiger partial charge on any atom is -0.267 e. The van der Waals surface area contributed by atoms with Crippen molar-refractivity contribution in [1.29, 1.82) is 0 Å². The number of carbonyl (C=O) groups is 1. The van der Waals surface area contributed by atoms with Gasteiger partial charge in [0.2, 0.25) is 10.0 Å². The third kappa shape index (κ3) is 6.16. The van der Waals surface area contributed by atoms with Gasteiger partial charge in [0.25, 0.3) is 5.91 Å². The maximum Gasteiger partial charge on any atom is 0.271 e. The Morgan fingerprint density at radius 3 is 2.42 bits per heavy atom. The van der Waals surface area contributed by atoms with Gasteiger partial charge in [-0.05, 0) is 60.0 Å². The van der Waals surface area contributed by atoms with E-state index in [9.17, 15) is 13.2 Å². The third-order valence-corrected chi connectivity index (χ3v) is 6.00. The van der Waals surface area contributed by atoms with Crippen LogP contribution in [0.15, 0.2) is 77.9 Å². The minimum absolute atomic E-state index is 0.209. The zero-order chi connectivity index (χ0) is 22.4. The number of nitrogens with zero attached hydrogens (tertiary/aromatic N) is 2. The van der Waals surface area contributed by atoms with Crippen LogP contribution in [-0.2, 0) is 16.6 Å². The Morgan fingerprint density at radius 2 is 1.77 bits per heavy atom. The summed E-state index contributed by atoms with van der Waals surface area (Å²) in [5, 5.41) is 4.51. The lowest BCUT2D eigenvalue weighted by Gasteiger charge is -2.23. The summed E-state index contributed by atoms with van der Waals surface area (Å²) in [5.74, 6) is -0.408. The van der Waals surface area contributed by atoms with E-state index in [2.05, 4.69) is 10.5 Å². The van der Waals surface area contributed by atoms with E-state index < -0.39 is 15.9 Å². The average Bonchev–Trinajstić information content (AvgIpc) is 2.72. The zero-order valence-electron chi connectivity index (χ0n) is 17.1. The van der Waals surface area contributed by atoms with Crippen LogP contribution in [0.5, 0.6) is 0 Å². The number of anilines is 1. The molecule has 0 spiro atoms. The highest BCUT2D eigenvalue weighted by atomic mass is 35.5. The summed E-state index contributed by atoms with van der Waals surface area (Å²) in [4.78, 5) is 12.3. The molecule has 3 aromatic carbocycles. The van der Waals surface area contributed by atoms with Gasteiger partial charge in [0.15, 0.2) is 0 Å². The van der Waals surface area contributed by atoms with E-state index in [1.807, 2.05) is 37.3 Å². The van der Waals surface area contributed by atoms with Gasteiger partial charge < -0.3 is 0 Å². The number of nitrogens with one attached hydrogen (secondary N) is 1. The molecule has 1 N–H and O–H groups in total. The molecule has 0 fully saturated rings. The second-order valence-electron chi connectivity index (χ2n) is 7.00. The van der Waals surface area contributed by atoms with Gasteiger partial charge in [0, 0.05) is 10.6 Å². The molecule has 3 aromatic rings. The number of sulfonamides is 1. The van der Waals surface area contributed by atoms with Gasteiger partial charge in [-0.1, -0.05) is 48.0 Å². The summed E-state index contributed by atoms with van der Waals surface area (Å²) in [6.45, 7) is 2.15. The molecule has 160 valence electrons. The van der Waals surface area contributed by atoms with Crippen molar-refractivity contribution in [2.24, 2.45) is 5.10 Å². The molecular weight excluding hydrogens is 434 g/mol. The highest BCUT2D eigenvalue weighted by Crippen LogP contribution is 2.22. The molecule has 31 heavy (non-hydrogen) atoms. The number of benzene rings is 3. The highest BCUT2D eigenvalue weighted by Gasteiger charge is 2.19. The predicted octanol–water partition coefficient (Wildman–Crippen LogP) is 4.38. The molecule has 3 rings (SSSR count). The van der Waals surface area contributed by atoms with Crippen molar-refractivity contribution in [3.8, 4) is 0 Å². The Labute approximate surface area is 187 Å². The maximum absolute atomic E-state index is 12.4. The molecule has 1 amide bonds. The van der Waals surface area contributed by atoms with E-state index in [0.717, 1.165) is 22.9 Å². The van der Waals surface area contributed by atoms with Gasteiger partial charge in [0.05, 0.1) is 24.7 Å². The normalized spacial score (nSPS) is 11.5. The molecule has 0 aliphatic heterocycles. The second-order valence-corrected chi connectivity index (χ2v) is 9.34. The summed E-state index contributed by atoms with van der Waals surface area (Å²) < 4.78 is 26.1. The summed E-state index contributed by atoms with van der Waals surface area (Å²) in [6.07, 6.45) is 2.65. The van der Waals surface area contributed by atoms with Crippen molar-refractivity contribution in [3.05, 3.63) is 100 Å². The number of amides is 1. The number of hydrogen-bond donors (Lipinski definition) is 1. The van der Waals surface area contributed by atoms with Crippen LogP contribution in [0.1, 0.15) is 27.0 Å². The number of halogens is 1. The first-order chi connectivity index (χ1) is 14.7. The molecule has 0 saturated carbocycles. The Balaban J connectivity index is 1.73. The van der Waals surface area contributed by atoms with Crippen molar-refractivity contribution >= 4 is 39.4 Å². The molecule has 6 nitrogen and oxygen atoms in total. The van der Waals surface area contributed by atoms with Crippen LogP contribution in [0.4, 0.5) is 5.69 Å². The molecule has 0 aromatic heterocycles. The Kier molecular flexibility index (Phi) is 7.09. The molecule has 0 radical (unpaired) electrons. The van der Waals surface area contributed by atoms with E-state index in [1.165, 1.54) is 10.5 Å². The number of hydrogen-bond acceptors (Lipinski definition) is 4. The fourth-order valence-electron chi connectivity index (χ4n) is 2.94.